The van der Waals surface area contributed by atoms with Gasteiger partial charge in [0.25, 0.3) is 0 Å². The SMILES string of the molecule is C=CC(=O)N1CCC[C@@H](Nc2nc(Nc3cnn(CCN(CC)CC)c3)nc3[nH]ccc23)C1. The minimum absolute atomic E-state index is 0.0312. The minimum Gasteiger partial charge on any atom is -0.365 e. The van der Waals surface area contributed by atoms with Crippen LogP contribution in [0.1, 0.15) is 26.7 Å². The van der Waals surface area contributed by atoms with Crippen LogP contribution >= 0.6 is 0 Å². The quantitative estimate of drug-likeness (QED) is 0.407. The van der Waals surface area contributed by atoms with E-state index in [1.54, 1.807) is 6.20 Å². The summed E-state index contributed by atoms with van der Waals surface area (Å²) in [6, 6.07) is 2.08. The van der Waals surface area contributed by atoms with Crippen molar-refractivity contribution >= 4 is 34.4 Å². The predicted molar refractivity (Wildman–Crippen MR) is 131 cm³/mol. The number of likely N-dealkylation sites (N-methyl/N-ethyl adjacent to an activating group) is 1. The van der Waals surface area contributed by atoms with Gasteiger partial charge in [-0.2, -0.15) is 15.1 Å². The number of nitrogens with one attached hydrogen (secondary N) is 3. The zero-order chi connectivity index (χ0) is 23.2. The van der Waals surface area contributed by atoms with Crippen LogP contribution in [-0.2, 0) is 11.3 Å². The number of piperidine rings is 1. The van der Waals surface area contributed by atoms with E-state index in [4.69, 9.17) is 4.98 Å². The van der Waals surface area contributed by atoms with Gasteiger partial charge in [0.05, 0.1) is 23.8 Å². The molecule has 1 saturated heterocycles. The molecule has 0 aliphatic carbocycles. The summed E-state index contributed by atoms with van der Waals surface area (Å²) in [5, 5.41) is 12.2. The number of rotatable bonds is 10. The van der Waals surface area contributed by atoms with Gasteiger partial charge in [0.15, 0.2) is 0 Å². The number of fused-ring (bicyclic) bond motifs is 1. The van der Waals surface area contributed by atoms with Crippen molar-refractivity contribution in [3.63, 3.8) is 0 Å². The lowest BCUT2D eigenvalue weighted by molar-refractivity contribution is -0.127. The van der Waals surface area contributed by atoms with Gasteiger partial charge in [-0.25, -0.2) is 0 Å². The maximum atomic E-state index is 12.0. The van der Waals surface area contributed by atoms with Gasteiger partial charge in [0, 0.05) is 38.1 Å². The number of amides is 1. The lowest BCUT2D eigenvalue weighted by Crippen LogP contribution is -2.44. The molecule has 0 radical (unpaired) electrons. The molecule has 1 amide bonds. The van der Waals surface area contributed by atoms with E-state index in [1.165, 1.54) is 6.08 Å². The Kier molecular flexibility index (Phi) is 7.23. The summed E-state index contributed by atoms with van der Waals surface area (Å²) in [6.07, 6.45) is 8.90. The fourth-order valence-electron chi connectivity index (χ4n) is 4.19. The molecule has 0 spiro atoms. The Bertz CT molecular complexity index is 1080. The summed E-state index contributed by atoms with van der Waals surface area (Å²) in [7, 11) is 0. The predicted octanol–water partition coefficient (Wildman–Crippen LogP) is 2.83. The number of carbonyl (C=O) groups excluding carboxylic acids is 1. The third-order valence-electron chi connectivity index (χ3n) is 6.09. The smallest absolute Gasteiger partial charge is 0.246 e. The Balaban J connectivity index is 1.47. The van der Waals surface area contributed by atoms with E-state index in [2.05, 4.69) is 51.0 Å². The second kappa shape index (κ2) is 10.5. The molecule has 0 aromatic carbocycles. The summed E-state index contributed by atoms with van der Waals surface area (Å²) >= 11 is 0. The average molecular weight is 452 g/mol. The maximum absolute atomic E-state index is 12.0. The molecule has 10 nitrogen and oxygen atoms in total. The van der Waals surface area contributed by atoms with Gasteiger partial charge in [0.2, 0.25) is 11.9 Å². The van der Waals surface area contributed by atoms with E-state index >= 15 is 0 Å². The van der Waals surface area contributed by atoms with Crippen molar-refractivity contribution in [3.05, 3.63) is 37.3 Å². The minimum atomic E-state index is -0.0312. The number of nitrogens with zero attached hydrogens (tertiary/aromatic N) is 6. The largest absolute Gasteiger partial charge is 0.365 e. The number of aromatic amines is 1. The number of hydrogen-bond donors (Lipinski definition) is 3. The molecule has 1 fully saturated rings. The molecule has 10 heteroatoms. The molecule has 33 heavy (non-hydrogen) atoms. The highest BCUT2D eigenvalue weighted by Gasteiger charge is 2.23. The van der Waals surface area contributed by atoms with Crippen molar-refractivity contribution in [1.29, 1.82) is 0 Å². The number of likely N-dealkylation sites (tertiary alicyclic amines) is 1. The van der Waals surface area contributed by atoms with Gasteiger partial charge >= 0.3 is 0 Å². The molecule has 0 saturated carbocycles. The van der Waals surface area contributed by atoms with Crippen LogP contribution in [0.4, 0.5) is 17.5 Å². The standard InChI is InChI=1S/C23H33N9O/c1-4-20(33)31-11-7-8-17(15-31)26-22-19-9-10-24-21(19)28-23(29-22)27-18-14-25-32(16-18)13-12-30(5-2)6-3/h4,9-10,14,16-17H,1,5-8,11-13,15H2,2-3H3,(H3,24,26,27,28,29)/t17-/m1/s1. The van der Waals surface area contributed by atoms with Gasteiger partial charge in [-0.15, -0.1) is 0 Å². The zero-order valence-corrected chi connectivity index (χ0v) is 19.4. The van der Waals surface area contributed by atoms with Crippen molar-refractivity contribution in [3.8, 4) is 0 Å². The van der Waals surface area contributed by atoms with Crippen LogP contribution in [0, 0.1) is 0 Å². The molecule has 1 aliphatic heterocycles. The first-order chi connectivity index (χ1) is 16.1. The first-order valence-electron chi connectivity index (χ1n) is 11.6. The summed E-state index contributed by atoms with van der Waals surface area (Å²) in [6.45, 7) is 13.2. The lowest BCUT2D eigenvalue weighted by Gasteiger charge is -2.33. The van der Waals surface area contributed by atoms with Crippen LogP contribution in [0.25, 0.3) is 11.0 Å². The second-order valence-electron chi connectivity index (χ2n) is 8.25. The molecular formula is C23H33N9O. The number of H-pyrrole nitrogens is 1. The van der Waals surface area contributed by atoms with E-state index in [0.717, 1.165) is 68.1 Å². The van der Waals surface area contributed by atoms with Crippen LogP contribution in [0.3, 0.4) is 0 Å². The van der Waals surface area contributed by atoms with E-state index in [9.17, 15) is 4.79 Å². The van der Waals surface area contributed by atoms with Crippen molar-refractivity contribution < 1.29 is 4.79 Å². The number of carbonyl (C=O) groups is 1. The summed E-state index contributed by atoms with van der Waals surface area (Å²) in [5.74, 6) is 1.21. The molecule has 3 aromatic rings. The third kappa shape index (κ3) is 5.51. The van der Waals surface area contributed by atoms with Gasteiger partial charge in [-0.3, -0.25) is 9.48 Å². The zero-order valence-electron chi connectivity index (χ0n) is 19.4. The highest BCUT2D eigenvalue weighted by atomic mass is 16.2. The van der Waals surface area contributed by atoms with Gasteiger partial charge < -0.3 is 25.4 Å². The van der Waals surface area contributed by atoms with Crippen molar-refractivity contribution in [2.75, 3.05) is 43.4 Å². The van der Waals surface area contributed by atoms with Crippen LogP contribution < -0.4 is 10.6 Å². The second-order valence-corrected chi connectivity index (χ2v) is 8.25. The van der Waals surface area contributed by atoms with Gasteiger partial charge in [0.1, 0.15) is 11.5 Å². The van der Waals surface area contributed by atoms with Crippen molar-refractivity contribution in [2.24, 2.45) is 0 Å². The van der Waals surface area contributed by atoms with Gasteiger partial charge in [-0.05, 0) is 38.1 Å². The van der Waals surface area contributed by atoms with E-state index in [-0.39, 0.29) is 11.9 Å². The molecule has 0 unspecified atom stereocenters. The Morgan fingerprint density at radius 3 is 3.00 bits per heavy atom. The Hall–Kier alpha value is -3.40. The highest BCUT2D eigenvalue weighted by Crippen LogP contribution is 2.25. The van der Waals surface area contributed by atoms with Crippen molar-refractivity contribution in [2.45, 2.75) is 39.3 Å². The van der Waals surface area contributed by atoms with E-state index < -0.39 is 0 Å². The molecular weight excluding hydrogens is 418 g/mol. The maximum Gasteiger partial charge on any atom is 0.246 e. The van der Waals surface area contributed by atoms with Crippen LogP contribution in [0.15, 0.2) is 37.3 Å². The van der Waals surface area contributed by atoms with Crippen LogP contribution in [0.2, 0.25) is 0 Å². The lowest BCUT2D eigenvalue weighted by atomic mass is 10.1. The van der Waals surface area contributed by atoms with E-state index in [1.807, 2.05) is 28.0 Å². The third-order valence-corrected chi connectivity index (χ3v) is 6.09. The topological polar surface area (TPSA) is 107 Å². The first-order valence-corrected chi connectivity index (χ1v) is 11.6. The summed E-state index contributed by atoms with van der Waals surface area (Å²) < 4.78 is 1.93. The number of anilines is 3. The molecule has 0 bridgehead atoms. The first kappa shape index (κ1) is 22.8. The molecule has 4 rings (SSSR count). The Morgan fingerprint density at radius 1 is 1.36 bits per heavy atom. The fourth-order valence-corrected chi connectivity index (χ4v) is 4.19. The molecule has 1 aliphatic rings. The summed E-state index contributed by atoms with van der Waals surface area (Å²) in [5.41, 5.74) is 1.59. The molecule has 3 aromatic heterocycles. The molecule has 4 heterocycles. The monoisotopic (exact) mass is 451 g/mol. The van der Waals surface area contributed by atoms with Crippen LogP contribution in [0.5, 0.6) is 0 Å². The summed E-state index contributed by atoms with van der Waals surface area (Å²) in [4.78, 5) is 28.8. The van der Waals surface area contributed by atoms with Gasteiger partial charge in [-0.1, -0.05) is 20.4 Å². The van der Waals surface area contributed by atoms with E-state index in [0.29, 0.717) is 12.5 Å². The highest BCUT2D eigenvalue weighted by molar-refractivity contribution is 5.89. The molecule has 3 N–H and O–H groups in total. The molecule has 1 atom stereocenters. The van der Waals surface area contributed by atoms with Crippen molar-refractivity contribution in [1.82, 2.24) is 34.5 Å². The fraction of sp³-hybridized carbons (Fsp3) is 0.478. The molecule has 176 valence electrons. The number of hydrogen-bond acceptors (Lipinski definition) is 7. The average Bonchev–Trinajstić information content (AvgIpc) is 3.49. The number of aromatic nitrogens is 5. The van der Waals surface area contributed by atoms with Crippen LogP contribution in [-0.4, -0.2) is 79.2 Å². The Morgan fingerprint density at radius 2 is 2.21 bits per heavy atom. The normalized spacial score (nSPS) is 16.3. The Labute approximate surface area is 194 Å².